The number of hydrogen-bond donors (Lipinski definition) is 2. The van der Waals surface area contributed by atoms with Crippen LogP contribution in [0.1, 0.15) is 12.8 Å². The Labute approximate surface area is 71.0 Å². The SMILES string of the molecule is OC[C@@H]1C[C@H](CC(O)=S)CO1. The molecule has 64 valence electrons. The summed E-state index contributed by atoms with van der Waals surface area (Å²) in [5.41, 5.74) is 0. The standard InChI is InChI=1S/C7H12O3S/c8-3-6-1-5(4-10-6)2-7(9)11/h5-6,8H,1-4H2,(H,9,11)/t5-,6+/m1/s1. The number of thiocarbonyl (C=S) groups is 1. The van der Waals surface area contributed by atoms with Crippen LogP contribution in [0.15, 0.2) is 0 Å². The Morgan fingerprint density at radius 3 is 2.82 bits per heavy atom. The van der Waals surface area contributed by atoms with Gasteiger partial charge >= 0.3 is 0 Å². The van der Waals surface area contributed by atoms with Crippen LogP contribution in [0.3, 0.4) is 0 Å². The number of rotatable bonds is 3. The number of hydrogen-bond acceptors (Lipinski definition) is 3. The second kappa shape index (κ2) is 3.99. The first-order valence-corrected chi connectivity index (χ1v) is 4.07. The molecule has 0 saturated carbocycles. The second-order valence-corrected chi connectivity index (χ2v) is 3.31. The highest BCUT2D eigenvalue weighted by atomic mass is 32.1. The van der Waals surface area contributed by atoms with Crippen molar-refractivity contribution < 1.29 is 14.9 Å². The van der Waals surface area contributed by atoms with Gasteiger partial charge in [-0.1, -0.05) is 0 Å². The molecule has 0 aromatic heterocycles. The van der Waals surface area contributed by atoms with E-state index in [4.69, 9.17) is 14.9 Å². The van der Waals surface area contributed by atoms with Crippen molar-refractivity contribution in [3.05, 3.63) is 0 Å². The fourth-order valence-electron chi connectivity index (χ4n) is 1.30. The molecule has 0 unspecified atom stereocenters. The Hall–Kier alpha value is -0.190. The van der Waals surface area contributed by atoms with E-state index in [0.717, 1.165) is 6.42 Å². The quantitative estimate of drug-likeness (QED) is 0.620. The fraction of sp³-hybridized carbons (Fsp3) is 0.857. The number of ether oxygens (including phenoxy) is 1. The van der Waals surface area contributed by atoms with Gasteiger partial charge in [-0.15, -0.1) is 0 Å². The van der Waals surface area contributed by atoms with E-state index in [0.29, 0.717) is 18.9 Å². The Bertz CT molecular complexity index is 149. The van der Waals surface area contributed by atoms with Crippen LogP contribution in [-0.4, -0.2) is 34.6 Å². The van der Waals surface area contributed by atoms with Gasteiger partial charge in [0.05, 0.1) is 19.3 Å². The first-order valence-electron chi connectivity index (χ1n) is 3.66. The minimum Gasteiger partial charge on any atom is -0.502 e. The van der Waals surface area contributed by atoms with E-state index in [2.05, 4.69) is 12.2 Å². The largest absolute Gasteiger partial charge is 0.502 e. The summed E-state index contributed by atoms with van der Waals surface area (Å²) in [7, 11) is 0. The summed E-state index contributed by atoms with van der Waals surface area (Å²) in [5.74, 6) is 0.296. The summed E-state index contributed by atoms with van der Waals surface area (Å²) in [6, 6.07) is 0. The van der Waals surface area contributed by atoms with Gasteiger partial charge in [-0.3, -0.25) is 0 Å². The molecule has 4 heteroatoms. The van der Waals surface area contributed by atoms with E-state index in [1.165, 1.54) is 0 Å². The van der Waals surface area contributed by atoms with Gasteiger partial charge in [-0.25, -0.2) is 0 Å². The Morgan fingerprint density at radius 1 is 1.64 bits per heavy atom. The van der Waals surface area contributed by atoms with Gasteiger partial charge < -0.3 is 14.9 Å². The van der Waals surface area contributed by atoms with Crippen molar-refractivity contribution >= 4 is 17.3 Å². The monoisotopic (exact) mass is 176 g/mol. The van der Waals surface area contributed by atoms with Crippen LogP contribution in [0.2, 0.25) is 0 Å². The molecule has 1 rings (SSSR count). The molecule has 2 atom stereocenters. The topological polar surface area (TPSA) is 49.7 Å². The molecule has 0 bridgehead atoms. The average molecular weight is 176 g/mol. The highest BCUT2D eigenvalue weighted by Gasteiger charge is 2.25. The molecule has 11 heavy (non-hydrogen) atoms. The van der Waals surface area contributed by atoms with E-state index in [1.807, 2.05) is 0 Å². The lowest BCUT2D eigenvalue weighted by atomic mass is 10.0. The van der Waals surface area contributed by atoms with Crippen LogP contribution in [0.25, 0.3) is 0 Å². The van der Waals surface area contributed by atoms with Crippen LogP contribution in [0.5, 0.6) is 0 Å². The summed E-state index contributed by atoms with van der Waals surface area (Å²) >= 11 is 4.54. The molecule has 3 nitrogen and oxygen atoms in total. The van der Waals surface area contributed by atoms with Crippen molar-refractivity contribution in [1.29, 1.82) is 0 Å². The zero-order valence-electron chi connectivity index (χ0n) is 6.19. The minimum atomic E-state index is -0.0469. The van der Waals surface area contributed by atoms with E-state index >= 15 is 0 Å². The lowest BCUT2D eigenvalue weighted by Gasteiger charge is -2.03. The molecular weight excluding hydrogens is 164 g/mol. The predicted molar refractivity (Wildman–Crippen MR) is 44.8 cm³/mol. The zero-order valence-corrected chi connectivity index (χ0v) is 7.01. The van der Waals surface area contributed by atoms with Crippen molar-refractivity contribution in [2.24, 2.45) is 5.92 Å². The molecule has 1 aliphatic heterocycles. The van der Waals surface area contributed by atoms with E-state index < -0.39 is 0 Å². The molecule has 0 spiro atoms. The minimum absolute atomic E-state index is 0.0391. The third-order valence-electron chi connectivity index (χ3n) is 1.83. The van der Waals surface area contributed by atoms with Crippen molar-refractivity contribution in [2.75, 3.05) is 13.2 Å². The number of aliphatic hydroxyl groups excluding tert-OH is 2. The molecule has 0 aromatic carbocycles. The summed E-state index contributed by atoms with van der Waals surface area (Å²) < 4.78 is 5.19. The van der Waals surface area contributed by atoms with Crippen LogP contribution < -0.4 is 0 Å². The van der Waals surface area contributed by atoms with Crippen molar-refractivity contribution in [3.63, 3.8) is 0 Å². The third-order valence-corrected chi connectivity index (χ3v) is 2.00. The smallest absolute Gasteiger partial charge is 0.156 e. The van der Waals surface area contributed by atoms with Crippen LogP contribution in [0.4, 0.5) is 0 Å². The molecule has 1 saturated heterocycles. The van der Waals surface area contributed by atoms with Gasteiger partial charge in [0.25, 0.3) is 0 Å². The molecule has 2 N–H and O–H groups in total. The molecule has 1 aliphatic rings. The van der Waals surface area contributed by atoms with Gasteiger partial charge in [0.2, 0.25) is 0 Å². The summed E-state index contributed by atoms with van der Waals surface area (Å²) in [6.45, 7) is 0.667. The maximum absolute atomic E-state index is 8.79. The average Bonchev–Trinajstić information content (AvgIpc) is 2.34. The van der Waals surface area contributed by atoms with E-state index in [9.17, 15) is 0 Å². The van der Waals surface area contributed by atoms with E-state index in [-0.39, 0.29) is 17.8 Å². The van der Waals surface area contributed by atoms with Gasteiger partial charge in [-0.05, 0) is 24.6 Å². The molecule has 1 fully saturated rings. The highest BCUT2D eigenvalue weighted by molar-refractivity contribution is 7.80. The molecule has 1 heterocycles. The van der Waals surface area contributed by atoms with Gasteiger partial charge in [-0.2, -0.15) is 0 Å². The Balaban J connectivity index is 2.24. The van der Waals surface area contributed by atoms with E-state index in [1.54, 1.807) is 0 Å². The highest BCUT2D eigenvalue weighted by Crippen LogP contribution is 2.22. The van der Waals surface area contributed by atoms with Gasteiger partial charge in [0.1, 0.15) is 0 Å². The molecular formula is C7H12O3S. The summed E-state index contributed by atoms with van der Waals surface area (Å²) in [4.78, 5) is 0. The van der Waals surface area contributed by atoms with Gasteiger partial charge in [0.15, 0.2) is 5.05 Å². The maximum atomic E-state index is 8.79. The first kappa shape index (κ1) is 8.90. The van der Waals surface area contributed by atoms with Crippen LogP contribution >= 0.6 is 12.2 Å². The third kappa shape index (κ3) is 2.73. The normalized spacial score (nSPS) is 30.6. The van der Waals surface area contributed by atoms with Crippen LogP contribution in [-0.2, 0) is 4.74 Å². The molecule has 0 aromatic rings. The zero-order chi connectivity index (χ0) is 8.27. The second-order valence-electron chi connectivity index (χ2n) is 2.84. The fourth-order valence-corrected chi connectivity index (χ4v) is 1.53. The predicted octanol–water partition coefficient (Wildman–Crippen LogP) is 0.659. The van der Waals surface area contributed by atoms with Crippen LogP contribution in [0, 0.1) is 5.92 Å². The molecule has 0 amide bonds. The molecule has 0 aliphatic carbocycles. The van der Waals surface area contributed by atoms with Crippen molar-refractivity contribution in [3.8, 4) is 0 Å². The number of aliphatic hydroxyl groups is 2. The summed E-state index contributed by atoms with van der Waals surface area (Å²) in [6.07, 6.45) is 1.28. The summed E-state index contributed by atoms with van der Waals surface area (Å²) in [5, 5.41) is 17.5. The Morgan fingerprint density at radius 2 is 2.36 bits per heavy atom. The lowest BCUT2D eigenvalue weighted by molar-refractivity contribution is 0.0574. The van der Waals surface area contributed by atoms with Crippen molar-refractivity contribution in [2.45, 2.75) is 18.9 Å². The van der Waals surface area contributed by atoms with Gasteiger partial charge in [0, 0.05) is 6.42 Å². The molecule has 0 radical (unpaired) electrons. The Kier molecular flexibility index (Phi) is 3.23. The first-order chi connectivity index (χ1) is 5.22. The van der Waals surface area contributed by atoms with Crippen molar-refractivity contribution in [1.82, 2.24) is 0 Å². The maximum Gasteiger partial charge on any atom is 0.156 e. The lowest BCUT2D eigenvalue weighted by Crippen LogP contribution is -2.10.